The first kappa shape index (κ1) is 19.6. The molecule has 0 radical (unpaired) electrons. The van der Waals surface area contributed by atoms with Gasteiger partial charge in [0, 0.05) is 17.8 Å². The molecule has 0 unspecified atom stereocenters. The lowest BCUT2D eigenvalue weighted by Crippen LogP contribution is -2.41. The minimum absolute atomic E-state index is 0.219. The Bertz CT molecular complexity index is 841. The van der Waals surface area contributed by atoms with Crippen molar-refractivity contribution < 1.29 is 21.8 Å². The molecule has 0 saturated carbocycles. The second-order valence-electron chi connectivity index (χ2n) is 5.09. The van der Waals surface area contributed by atoms with Gasteiger partial charge in [-0.05, 0) is 23.8 Å². The lowest BCUT2D eigenvalue weighted by Gasteiger charge is -2.33. The summed E-state index contributed by atoms with van der Waals surface area (Å²) < 4.78 is 75.8. The van der Waals surface area contributed by atoms with E-state index in [0.29, 0.717) is 4.31 Å². The van der Waals surface area contributed by atoms with E-state index in [1.807, 2.05) is 0 Å². The van der Waals surface area contributed by atoms with Gasteiger partial charge >= 0.3 is 6.18 Å². The summed E-state index contributed by atoms with van der Waals surface area (Å²) in [6.07, 6.45) is -3.07. The molecular weight excluding hydrogens is 382 g/mol. The Morgan fingerprint density at radius 3 is 2.36 bits per heavy atom. The number of benzene rings is 1. The molecular formula is C15H14ClF4N3OS. The molecule has 0 saturated heterocycles. The van der Waals surface area contributed by atoms with Crippen molar-refractivity contribution in [2.24, 2.45) is 0 Å². The molecule has 2 atom stereocenters. The summed E-state index contributed by atoms with van der Waals surface area (Å²) in [5.41, 5.74) is -0.219. The quantitative estimate of drug-likeness (QED) is 0.738. The van der Waals surface area contributed by atoms with Gasteiger partial charge in [-0.1, -0.05) is 30.7 Å². The zero-order valence-electron chi connectivity index (χ0n) is 12.9. The Morgan fingerprint density at radius 1 is 1.28 bits per heavy atom. The third-order valence-electron chi connectivity index (χ3n) is 3.42. The number of pyridine rings is 1. The average Bonchev–Trinajstić information content (AvgIpc) is 2.52. The number of nitrogens with one attached hydrogen (secondary N) is 1. The Kier molecular flexibility index (Phi) is 5.70. The fourth-order valence-electron chi connectivity index (χ4n) is 2.36. The maximum Gasteiger partial charge on any atom is 0.409 e. The van der Waals surface area contributed by atoms with Gasteiger partial charge in [-0.2, -0.15) is 17.5 Å². The molecule has 10 heteroatoms. The zero-order valence-corrected chi connectivity index (χ0v) is 14.5. The summed E-state index contributed by atoms with van der Waals surface area (Å²) >= 11 is 5.71. The second-order valence-corrected chi connectivity index (χ2v) is 7.52. The SMILES string of the molecule is CCN([C@H](c1ccc(Cl)cc1)C(F)(F)F)[S@@](=N)(=O)c1cncc(F)c1. The minimum atomic E-state index is -4.81. The van der Waals surface area contributed by atoms with E-state index in [2.05, 4.69) is 4.98 Å². The first-order valence-corrected chi connectivity index (χ1v) is 8.95. The van der Waals surface area contributed by atoms with Gasteiger partial charge < -0.3 is 0 Å². The van der Waals surface area contributed by atoms with Crippen LogP contribution in [0.15, 0.2) is 47.6 Å². The van der Waals surface area contributed by atoms with Crippen molar-refractivity contribution in [1.29, 1.82) is 4.78 Å². The van der Waals surface area contributed by atoms with Crippen LogP contribution in [-0.2, 0) is 9.92 Å². The smallest absolute Gasteiger partial charge is 0.260 e. The van der Waals surface area contributed by atoms with E-state index in [0.717, 1.165) is 30.6 Å². The summed E-state index contributed by atoms with van der Waals surface area (Å²) in [5, 5.41) is 0.244. The molecule has 1 aromatic heterocycles. The van der Waals surface area contributed by atoms with Crippen molar-refractivity contribution >= 4 is 21.5 Å². The number of hydrogen-bond donors (Lipinski definition) is 1. The molecule has 0 fully saturated rings. The Hall–Kier alpha value is -1.71. The number of alkyl halides is 3. The van der Waals surface area contributed by atoms with Crippen LogP contribution in [0.4, 0.5) is 17.6 Å². The van der Waals surface area contributed by atoms with Crippen molar-refractivity contribution in [2.75, 3.05) is 6.54 Å². The van der Waals surface area contributed by atoms with E-state index >= 15 is 0 Å². The van der Waals surface area contributed by atoms with Crippen LogP contribution in [0.2, 0.25) is 5.02 Å². The summed E-state index contributed by atoms with van der Waals surface area (Å²) in [4.78, 5) is 3.04. The van der Waals surface area contributed by atoms with Crippen molar-refractivity contribution in [1.82, 2.24) is 9.29 Å². The van der Waals surface area contributed by atoms with E-state index in [9.17, 15) is 21.8 Å². The van der Waals surface area contributed by atoms with Gasteiger partial charge in [0.15, 0.2) is 0 Å². The van der Waals surface area contributed by atoms with Gasteiger partial charge in [-0.25, -0.2) is 13.4 Å². The van der Waals surface area contributed by atoms with Crippen molar-refractivity contribution in [3.05, 3.63) is 59.1 Å². The molecule has 0 spiro atoms. The molecule has 2 aromatic rings. The monoisotopic (exact) mass is 395 g/mol. The Labute approximate surface area is 147 Å². The largest absolute Gasteiger partial charge is 0.409 e. The summed E-state index contributed by atoms with van der Waals surface area (Å²) in [6.45, 7) is 0.987. The lowest BCUT2D eigenvalue weighted by atomic mass is 10.1. The lowest BCUT2D eigenvalue weighted by molar-refractivity contribution is -0.173. The van der Waals surface area contributed by atoms with Crippen molar-refractivity contribution in [2.45, 2.75) is 24.0 Å². The maximum absolute atomic E-state index is 13.7. The minimum Gasteiger partial charge on any atom is -0.260 e. The molecule has 0 aliphatic heterocycles. The number of aromatic nitrogens is 1. The third-order valence-corrected chi connectivity index (χ3v) is 5.67. The number of halogens is 5. The molecule has 4 nitrogen and oxygen atoms in total. The number of nitrogens with zero attached hydrogens (tertiary/aromatic N) is 2. The predicted octanol–water partition coefficient (Wildman–Crippen LogP) is 4.82. The highest BCUT2D eigenvalue weighted by Gasteiger charge is 2.47. The normalized spacial score (nSPS) is 15.8. The maximum atomic E-state index is 13.7. The molecule has 1 aromatic carbocycles. The predicted molar refractivity (Wildman–Crippen MR) is 86.0 cm³/mol. The van der Waals surface area contributed by atoms with E-state index in [1.54, 1.807) is 0 Å². The first-order valence-electron chi connectivity index (χ1n) is 7.05. The van der Waals surface area contributed by atoms with Gasteiger partial charge in [0.2, 0.25) is 0 Å². The van der Waals surface area contributed by atoms with Crippen LogP contribution in [0.5, 0.6) is 0 Å². The Balaban J connectivity index is 2.59. The fraction of sp³-hybridized carbons (Fsp3) is 0.267. The molecule has 0 amide bonds. The molecule has 1 N–H and O–H groups in total. The summed E-state index contributed by atoms with van der Waals surface area (Å²) in [7, 11) is -4.14. The topological polar surface area (TPSA) is 57.1 Å². The standard InChI is InChI=1S/C15H14ClF4N3OS/c1-2-23(25(21,24)13-7-12(17)8-22-9-13)14(15(18,19)20)10-3-5-11(16)6-4-10/h3-9,14,21H,2H2,1H3/t14-,25-/m1/s1. The second kappa shape index (κ2) is 7.27. The molecule has 0 aliphatic carbocycles. The van der Waals surface area contributed by atoms with Crippen LogP contribution in [0.3, 0.4) is 0 Å². The highest BCUT2D eigenvalue weighted by Crippen LogP contribution is 2.40. The Morgan fingerprint density at radius 2 is 1.88 bits per heavy atom. The van der Waals surface area contributed by atoms with E-state index in [-0.39, 0.29) is 17.1 Å². The summed E-state index contributed by atoms with van der Waals surface area (Å²) in [5.74, 6) is -0.886. The van der Waals surface area contributed by atoms with Gasteiger partial charge in [0.25, 0.3) is 0 Å². The molecule has 0 bridgehead atoms. The van der Waals surface area contributed by atoms with E-state index in [4.69, 9.17) is 16.4 Å². The van der Waals surface area contributed by atoms with Gasteiger partial charge in [-0.3, -0.25) is 4.98 Å². The number of rotatable bonds is 5. The zero-order chi connectivity index (χ0) is 18.8. The number of hydrogen-bond acceptors (Lipinski definition) is 3. The molecule has 25 heavy (non-hydrogen) atoms. The fourth-order valence-corrected chi connectivity index (χ4v) is 4.13. The van der Waals surface area contributed by atoms with E-state index in [1.165, 1.54) is 19.1 Å². The van der Waals surface area contributed by atoms with Crippen LogP contribution in [0.25, 0.3) is 0 Å². The molecule has 1 heterocycles. The van der Waals surface area contributed by atoms with Crippen LogP contribution >= 0.6 is 11.6 Å². The highest BCUT2D eigenvalue weighted by atomic mass is 35.5. The van der Waals surface area contributed by atoms with Crippen molar-refractivity contribution in [3.8, 4) is 0 Å². The van der Waals surface area contributed by atoms with Crippen LogP contribution in [-0.4, -0.2) is 26.2 Å². The van der Waals surface area contributed by atoms with Gasteiger partial charge in [0.05, 0.1) is 11.1 Å². The van der Waals surface area contributed by atoms with Crippen LogP contribution in [0, 0.1) is 10.6 Å². The van der Waals surface area contributed by atoms with Gasteiger partial charge in [0.1, 0.15) is 21.8 Å². The average molecular weight is 396 g/mol. The van der Waals surface area contributed by atoms with Crippen molar-refractivity contribution in [3.63, 3.8) is 0 Å². The molecule has 0 aliphatic rings. The summed E-state index contributed by atoms with van der Waals surface area (Å²) in [6, 6.07) is 3.30. The molecule has 2 rings (SSSR count). The molecule has 136 valence electrons. The van der Waals surface area contributed by atoms with Gasteiger partial charge in [-0.15, -0.1) is 0 Å². The third kappa shape index (κ3) is 4.28. The van der Waals surface area contributed by atoms with Crippen LogP contribution < -0.4 is 0 Å². The first-order chi connectivity index (χ1) is 11.6. The van der Waals surface area contributed by atoms with Crippen LogP contribution in [0.1, 0.15) is 18.5 Å². The van der Waals surface area contributed by atoms with E-state index < -0.39 is 32.8 Å². The highest BCUT2D eigenvalue weighted by molar-refractivity contribution is 7.90.